The lowest BCUT2D eigenvalue weighted by molar-refractivity contribution is -0.132. The number of rotatable bonds is 4. The normalized spacial score (nSPS) is 20.3. The first kappa shape index (κ1) is 12.5. The fourth-order valence-electron chi connectivity index (χ4n) is 1.79. The molecule has 0 bridgehead atoms. The van der Waals surface area contributed by atoms with Crippen LogP contribution in [0.4, 0.5) is 0 Å². The first-order chi connectivity index (χ1) is 7.09. The van der Waals surface area contributed by atoms with E-state index in [0.717, 1.165) is 39.0 Å². The highest BCUT2D eigenvalue weighted by atomic mass is 16.2. The Labute approximate surface area is 92.4 Å². The predicted octanol–water partition coefficient (Wildman–Crippen LogP) is 0.278. The van der Waals surface area contributed by atoms with Gasteiger partial charge in [0.2, 0.25) is 5.91 Å². The van der Waals surface area contributed by atoms with Crippen LogP contribution in [0.3, 0.4) is 0 Å². The van der Waals surface area contributed by atoms with E-state index >= 15 is 0 Å². The van der Waals surface area contributed by atoms with Gasteiger partial charge in [-0.05, 0) is 26.8 Å². The Morgan fingerprint density at radius 1 is 1.33 bits per heavy atom. The lowest BCUT2D eigenvalue weighted by Crippen LogP contribution is -2.47. The van der Waals surface area contributed by atoms with Crippen molar-refractivity contribution >= 4 is 5.91 Å². The van der Waals surface area contributed by atoms with Crippen LogP contribution < -0.4 is 5.73 Å². The predicted molar refractivity (Wildman–Crippen MR) is 61.6 cm³/mol. The van der Waals surface area contributed by atoms with Gasteiger partial charge in [-0.3, -0.25) is 4.79 Å². The van der Waals surface area contributed by atoms with Crippen LogP contribution in [-0.2, 0) is 4.79 Å². The smallest absolute Gasteiger partial charge is 0.222 e. The van der Waals surface area contributed by atoms with E-state index in [9.17, 15) is 4.79 Å². The number of amides is 1. The Kier molecular flexibility index (Phi) is 5.05. The lowest BCUT2D eigenvalue weighted by Gasteiger charge is -2.32. The molecule has 1 aliphatic rings. The van der Waals surface area contributed by atoms with Gasteiger partial charge < -0.3 is 15.5 Å². The van der Waals surface area contributed by atoms with Crippen molar-refractivity contribution in [3.05, 3.63) is 0 Å². The van der Waals surface area contributed by atoms with E-state index in [-0.39, 0.29) is 6.04 Å². The molecule has 2 N–H and O–H groups in total. The number of carbonyl (C=O) groups excluding carboxylic acids is 1. The minimum Gasteiger partial charge on any atom is -0.340 e. The molecule has 4 nitrogen and oxygen atoms in total. The molecule has 0 aromatic rings. The monoisotopic (exact) mass is 213 g/mol. The van der Waals surface area contributed by atoms with Crippen LogP contribution in [0, 0.1) is 0 Å². The third-order valence-corrected chi connectivity index (χ3v) is 2.91. The summed E-state index contributed by atoms with van der Waals surface area (Å²) in [5.74, 6) is 0.295. The fourth-order valence-corrected chi connectivity index (χ4v) is 1.79. The van der Waals surface area contributed by atoms with Crippen LogP contribution >= 0.6 is 0 Å². The van der Waals surface area contributed by atoms with E-state index in [2.05, 4.69) is 11.9 Å². The van der Waals surface area contributed by atoms with Crippen LogP contribution in [0.5, 0.6) is 0 Å². The van der Waals surface area contributed by atoms with Gasteiger partial charge in [0.25, 0.3) is 0 Å². The Hall–Kier alpha value is -0.610. The van der Waals surface area contributed by atoms with E-state index in [1.54, 1.807) is 0 Å². The van der Waals surface area contributed by atoms with Gasteiger partial charge in [0.1, 0.15) is 0 Å². The van der Waals surface area contributed by atoms with Crippen molar-refractivity contribution < 1.29 is 4.79 Å². The SMILES string of the molecule is CC(N)CCCC(=O)N1CCN(C)CC1. The zero-order valence-corrected chi connectivity index (χ0v) is 9.91. The average molecular weight is 213 g/mol. The molecule has 0 radical (unpaired) electrons. The van der Waals surface area contributed by atoms with Crippen molar-refractivity contribution in [1.29, 1.82) is 0 Å². The highest BCUT2D eigenvalue weighted by molar-refractivity contribution is 5.76. The first-order valence-corrected chi connectivity index (χ1v) is 5.81. The van der Waals surface area contributed by atoms with Crippen molar-refractivity contribution in [2.75, 3.05) is 33.2 Å². The van der Waals surface area contributed by atoms with Crippen molar-refractivity contribution in [3.8, 4) is 0 Å². The van der Waals surface area contributed by atoms with Crippen molar-refractivity contribution in [3.63, 3.8) is 0 Å². The molecule has 1 fully saturated rings. The maximum absolute atomic E-state index is 11.8. The second-order valence-electron chi connectivity index (χ2n) is 4.55. The standard InChI is InChI=1S/C11H23N3O/c1-10(12)4-3-5-11(15)14-8-6-13(2)7-9-14/h10H,3-9,12H2,1-2H3. The molecule has 0 spiro atoms. The van der Waals surface area contributed by atoms with E-state index in [1.165, 1.54) is 0 Å². The topological polar surface area (TPSA) is 49.6 Å². The fraction of sp³-hybridized carbons (Fsp3) is 0.909. The molecule has 1 rings (SSSR count). The van der Waals surface area contributed by atoms with Crippen LogP contribution in [0.1, 0.15) is 26.2 Å². The molecule has 1 unspecified atom stereocenters. The average Bonchev–Trinajstić information content (AvgIpc) is 2.18. The van der Waals surface area contributed by atoms with Crippen LogP contribution in [0.2, 0.25) is 0 Å². The number of hydrogen-bond donors (Lipinski definition) is 1. The van der Waals surface area contributed by atoms with Crippen LogP contribution in [0.15, 0.2) is 0 Å². The minimum atomic E-state index is 0.213. The second kappa shape index (κ2) is 6.08. The highest BCUT2D eigenvalue weighted by Crippen LogP contribution is 2.05. The molecule has 4 heteroatoms. The minimum absolute atomic E-state index is 0.213. The lowest BCUT2D eigenvalue weighted by atomic mass is 10.1. The molecule has 0 aromatic carbocycles. The molecule has 15 heavy (non-hydrogen) atoms. The zero-order valence-electron chi connectivity index (χ0n) is 9.91. The van der Waals surface area contributed by atoms with Gasteiger partial charge in [0.05, 0.1) is 0 Å². The van der Waals surface area contributed by atoms with Crippen molar-refractivity contribution in [2.24, 2.45) is 5.73 Å². The van der Waals surface area contributed by atoms with Gasteiger partial charge in [-0.1, -0.05) is 0 Å². The van der Waals surface area contributed by atoms with Crippen molar-refractivity contribution in [1.82, 2.24) is 9.80 Å². The van der Waals surface area contributed by atoms with Gasteiger partial charge in [-0.2, -0.15) is 0 Å². The summed E-state index contributed by atoms with van der Waals surface area (Å²) < 4.78 is 0. The molecule has 1 atom stereocenters. The molecular formula is C11H23N3O. The molecule has 1 aliphatic heterocycles. The molecule has 1 saturated heterocycles. The van der Waals surface area contributed by atoms with Gasteiger partial charge in [0.15, 0.2) is 0 Å². The number of hydrogen-bond acceptors (Lipinski definition) is 3. The molecule has 0 saturated carbocycles. The zero-order chi connectivity index (χ0) is 11.3. The third-order valence-electron chi connectivity index (χ3n) is 2.91. The maximum atomic E-state index is 11.8. The Morgan fingerprint density at radius 3 is 2.47 bits per heavy atom. The largest absolute Gasteiger partial charge is 0.340 e. The summed E-state index contributed by atoms with van der Waals surface area (Å²) in [5.41, 5.74) is 5.64. The van der Waals surface area contributed by atoms with Gasteiger partial charge in [-0.15, -0.1) is 0 Å². The molecule has 1 heterocycles. The second-order valence-corrected chi connectivity index (χ2v) is 4.55. The number of nitrogens with two attached hydrogens (primary N) is 1. The summed E-state index contributed by atoms with van der Waals surface area (Å²) in [6, 6.07) is 0.213. The summed E-state index contributed by atoms with van der Waals surface area (Å²) in [7, 11) is 2.10. The summed E-state index contributed by atoms with van der Waals surface area (Å²) in [4.78, 5) is 16.0. The summed E-state index contributed by atoms with van der Waals surface area (Å²) in [6.07, 6.45) is 2.52. The highest BCUT2D eigenvalue weighted by Gasteiger charge is 2.18. The summed E-state index contributed by atoms with van der Waals surface area (Å²) in [5, 5.41) is 0. The summed E-state index contributed by atoms with van der Waals surface area (Å²) in [6.45, 7) is 5.75. The number of likely N-dealkylation sites (N-methyl/N-ethyl adjacent to an activating group) is 1. The van der Waals surface area contributed by atoms with E-state index in [4.69, 9.17) is 5.73 Å². The third kappa shape index (κ3) is 4.62. The van der Waals surface area contributed by atoms with E-state index < -0.39 is 0 Å². The number of carbonyl (C=O) groups is 1. The van der Waals surface area contributed by atoms with Crippen LogP contribution in [0.25, 0.3) is 0 Å². The van der Waals surface area contributed by atoms with Crippen LogP contribution in [-0.4, -0.2) is 55.0 Å². The summed E-state index contributed by atoms with van der Waals surface area (Å²) >= 11 is 0. The first-order valence-electron chi connectivity index (χ1n) is 5.81. The number of piperazine rings is 1. The van der Waals surface area contributed by atoms with Crippen molar-refractivity contribution in [2.45, 2.75) is 32.2 Å². The maximum Gasteiger partial charge on any atom is 0.222 e. The Bertz CT molecular complexity index is 198. The Balaban J connectivity index is 2.17. The van der Waals surface area contributed by atoms with E-state index in [0.29, 0.717) is 12.3 Å². The molecule has 0 aromatic heterocycles. The van der Waals surface area contributed by atoms with Gasteiger partial charge in [0, 0.05) is 38.6 Å². The Morgan fingerprint density at radius 2 is 1.93 bits per heavy atom. The van der Waals surface area contributed by atoms with Gasteiger partial charge in [-0.25, -0.2) is 0 Å². The number of nitrogens with zero attached hydrogens (tertiary/aromatic N) is 2. The molecule has 0 aliphatic carbocycles. The molecule has 1 amide bonds. The molecular weight excluding hydrogens is 190 g/mol. The molecule has 88 valence electrons. The van der Waals surface area contributed by atoms with E-state index in [1.807, 2.05) is 11.8 Å². The van der Waals surface area contributed by atoms with Gasteiger partial charge >= 0.3 is 0 Å². The quantitative estimate of drug-likeness (QED) is 0.729.